The number of benzene rings is 3. The number of aliphatic hydroxyl groups is 2. The van der Waals surface area contributed by atoms with E-state index in [-0.39, 0.29) is 44.0 Å². The van der Waals surface area contributed by atoms with Gasteiger partial charge in [0.15, 0.2) is 0 Å². The monoisotopic (exact) mass is 500 g/mol. The summed E-state index contributed by atoms with van der Waals surface area (Å²) in [4.78, 5) is 13.2. The van der Waals surface area contributed by atoms with E-state index in [0.29, 0.717) is 5.56 Å². The van der Waals surface area contributed by atoms with Crippen LogP contribution < -0.4 is 5.32 Å². The summed E-state index contributed by atoms with van der Waals surface area (Å²) in [5.41, 5.74) is 2.47. The fraction of sp³-hybridized carbons (Fsp3) is 0.269. The Morgan fingerprint density at radius 2 is 1.66 bits per heavy atom. The van der Waals surface area contributed by atoms with Crippen molar-refractivity contribution < 1.29 is 27.8 Å². The lowest BCUT2D eigenvalue weighted by Crippen LogP contribution is -2.43. The quantitative estimate of drug-likeness (QED) is 0.330. The summed E-state index contributed by atoms with van der Waals surface area (Å²) in [6.45, 7) is -0.347. The van der Waals surface area contributed by atoms with Crippen molar-refractivity contribution in [3.63, 3.8) is 0 Å². The smallest absolute Gasteiger partial charge is 0.267 e. The molecule has 0 spiro atoms. The molecule has 0 aliphatic rings. The molecule has 9 heteroatoms. The van der Waals surface area contributed by atoms with E-state index in [1.165, 1.54) is 18.2 Å². The van der Waals surface area contributed by atoms with E-state index in [0.717, 1.165) is 15.4 Å². The lowest BCUT2D eigenvalue weighted by molar-refractivity contribution is 0.0860. The molecular weight excluding hydrogens is 471 g/mol. The first-order valence-corrected chi connectivity index (χ1v) is 12.9. The number of aliphatic hydroxyl groups excluding tert-OH is 2. The number of rotatable bonds is 12. The van der Waals surface area contributed by atoms with Gasteiger partial charge in [-0.05, 0) is 47.4 Å². The van der Waals surface area contributed by atoms with Gasteiger partial charge < -0.3 is 15.5 Å². The second kappa shape index (κ2) is 12.6. The summed E-state index contributed by atoms with van der Waals surface area (Å²) < 4.78 is 39.9. The van der Waals surface area contributed by atoms with E-state index in [1.54, 1.807) is 30.3 Å². The van der Waals surface area contributed by atoms with Crippen molar-refractivity contribution >= 4 is 15.9 Å². The molecule has 0 radical (unpaired) electrons. The number of hydrogen-bond acceptors (Lipinski definition) is 6. The Morgan fingerprint density at radius 1 is 0.971 bits per heavy atom. The molecule has 0 saturated heterocycles. The second-order valence-corrected chi connectivity index (χ2v) is 10.0. The molecule has 0 bridgehead atoms. The molecule has 0 aliphatic heterocycles. The molecule has 0 heterocycles. The highest BCUT2D eigenvalue weighted by molar-refractivity contribution is 7.89. The summed E-state index contributed by atoms with van der Waals surface area (Å²) in [6.07, 6.45) is -0.989. The van der Waals surface area contributed by atoms with E-state index < -0.39 is 27.9 Å². The van der Waals surface area contributed by atoms with Crippen molar-refractivity contribution in [2.24, 2.45) is 0 Å². The molecule has 7 nitrogen and oxygen atoms in total. The van der Waals surface area contributed by atoms with E-state index in [2.05, 4.69) is 5.32 Å². The van der Waals surface area contributed by atoms with Gasteiger partial charge in [0.1, 0.15) is 5.82 Å². The fourth-order valence-electron chi connectivity index (χ4n) is 3.56. The summed E-state index contributed by atoms with van der Waals surface area (Å²) in [6, 6.07) is 21.8. The van der Waals surface area contributed by atoms with Gasteiger partial charge in [-0.1, -0.05) is 54.6 Å². The van der Waals surface area contributed by atoms with Gasteiger partial charge in [0, 0.05) is 31.8 Å². The second-order valence-electron chi connectivity index (χ2n) is 7.99. The van der Waals surface area contributed by atoms with Gasteiger partial charge in [0.25, 0.3) is 5.91 Å². The number of halogens is 1. The average molecular weight is 501 g/mol. The van der Waals surface area contributed by atoms with Crippen LogP contribution in [0.1, 0.15) is 28.4 Å². The molecule has 0 unspecified atom stereocenters. The maximum Gasteiger partial charge on any atom is 0.267 e. The number of hydrogen-bond donors (Lipinski definition) is 3. The molecule has 3 N–H and O–H groups in total. The van der Waals surface area contributed by atoms with Gasteiger partial charge in [0.05, 0.1) is 11.9 Å². The number of nitrogens with one attached hydrogen (secondary N) is 1. The highest BCUT2D eigenvalue weighted by Crippen LogP contribution is 2.20. The standard InChI is InChI=1S/C26H29FN2O5S/c27-24-9-4-8-23(18-24)25(31)19-28-14-15-29(35(33,34)17-5-16-30)26(32)22-12-10-21(11-13-22)20-6-2-1-3-7-20/h1-4,6-13,18,25,28,30-31H,5,14-17,19H2/t25-/m0/s1. The van der Waals surface area contributed by atoms with Crippen LogP contribution in [0.3, 0.4) is 0 Å². The first-order valence-electron chi connectivity index (χ1n) is 11.3. The third-order valence-corrected chi connectivity index (χ3v) is 7.25. The molecule has 3 rings (SSSR count). The van der Waals surface area contributed by atoms with E-state index in [1.807, 2.05) is 30.3 Å². The third-order valence-electron chi connectivity index (χ3n) is 5.42. The van der Waals surface area contributed by atoms with Crippen LogP contribution in [0, 0.1) is 5.82 Å². The van der Waals surface area contributed by atoms with Crippen molar-refractivity contribution in [3.05, 3.63) is 95.8 Å². The summed E-state index contributed by atoms with van der Waals surface area (Å²) >= 11 is 0. The van der Waals surface area contributed by atoms with Crippen LogP contribution in [-0.2, 0) is 10.0 Å². The van der Waals surface area contributed by atoms with Crippen LogP contribution >= 0.6 is 0 Å². The predicted molar refractivity (Wildman–Crippen MR) is 133 cm³/mol. The third kappa shape index (κ3) is 7.43. The van der Waals surface area contributed by atoms with Gasteiger partial charge >= 0.3 is 0 Å². The van der Waals surface area contributed by atoms with Gasteiger partial charge in [0.2, 0.25) is 10.0 Å². The maximum absolute atomic E-state index is 13.4. The molecule has 35 heavy (non-hydrogen) atoms. The fourth-order valence-corrected chi connectivity index (χ4v) is 5.00. The molecule has 1 amide bonds. The molecule has 1 atom stereocenters. The lowest BCUT2D eigenvalue weighted by atomic mass is 10.0. The minimum absolute atomic E-state index is 0.00473. The van der Waals surface area contributed by atoms with Crippen molar-refractivity contribution in [1.82, 2.24) is 9.62 Å². The summed E-state index contributed by atoms with van der Waals surface area (Å²) in [5.74, 6) is -1.51. The van der Waals surface area contributed by atoms with Gasteiger partial charge in [-0.2, -0.15) is 0 Å². The van der Waals surface area contributed by atoms with Crippen molar-refractivity contribution in [2.45, 2.75) is 12.5 Å². The number of sulfonamides is 1. The normalized spacial score (nSPS) is 12.3. The molecule has 186 valence electrons. The van der Waals surface area contributed by atoms with Crippen LogP contribution in [0.5, 0.6) is 0 Å². The van der Waals surface area contributed by atoms with Gasteiger partial charge in [-0.15, -0.1) is 0 Å². The van der Waals surface area contributed by atoms with Crippen LogP contribution in [-0.4, -0.2) is 60.8 Å². The predicted octanol–water partition coefficient (Wildman–Crippen LogP) is 2.97. The minimum Gasteiger partial charge on any atom is -0.396 e. The summed E-state index contributed by atoms with van der Waals surface area (Å²) in [5, 5.41) is 22.2. The maximum atomic E-state index is 13.4. The number of carbonyl (C=O) groups is 1. The zero-order valence-electron chi connectivity index (χ0n) is 19.2. The summed E-state index contributed by atoms with van der Waals surface area (Å²) in [7, 11) is -3.98. The van der Waals surface area contributed by atoms with Crippen LogP contribution in [0.4, 0.5) is 4.39 Å². The Kier molecular flexibility index (Phi) is 9.50. The van der Waals surface area contributed by atoms with E-state index >= 15 is 0 Å². The van der Waals surface area contributed by atoms with Crippen LogP contribution in [0.2, 0.25) is 0 Å². The molecule has 0 fully saturated rings. The van der Waals surface area contributed by atoms with Crippen molar-refractivity contribution in [2.75, 3.05) is 32.0 Å². The highest BCUT2D eigenvalue weighted by atomic mass is 32.2. The van der Waals surface area contributed by atoms with Crippen molar-refractivity contribution in [1.29, 1.82) is 0 Å². The zero-order valence-corrected chi connectivity index (χ0v) is 20.0. The Balaban J connectivity index is 1.69. The van der Waals surface area contributed by atoms with Gasteiger partial charge in [-0.3, -0.25) is 4.79 Å². The Morgan fingerprint density at radius 3 is 2.31 bits per heavy atom. The van der Waals surface area contributed by atoms with Gasteiger partial charge in [-0.25, -0.2) is 17.1 Å². The highest BCUT2D eigenvalue weighted by Gasteiger charge is 2.27. The molecular formula is C26H29FN2O5S. The lowest BCUT2D eigenvalue weighted by Gasteiger charge is -2.23. The number of carbonyl (C=O) groups excluding carboxylic acids is 1. The van der Waals surface area contributed by atoms with Crippen LogP contribution in [0.25, 0.3) is 11.1 Å². The SMILES string of the molecule is O=C(c1ccc(-c2ccccc2)cc1)N(CCNC[C@H](O)c1cccc(F)c1)S(=O)(=O)CCCO. The molecule has 3 aromatic carbocycles. The molecule has 3 aromatic rings. The first kappa shape index (κ1) is 26.5. The van der Waals surface area contributed by atoms with Crippen LogP contribution in [0.15, 0.2) is 78.9 Å². The van der Waals surface area contributed by atoms with Crippen molar-refractivity contribution in [3.8, 4) is 11.1 Å². The van der Waals surface area contributed by atoms with E-state index in [9.17, 15) is 22.7 Å². The average Bonchev–Trinajstić information content (AvgIpc) is 2.87. The molecule has 0 aromatic heterocycles. The molecule has 0 aliphatic carbocycles. The largest absolute Gasteiger partial charge is 0.396 e. The Hall–Kier alpha value is -3.11. The first-order chi connectivity index (χ1) is 16.8. The number of nitrogens with zero attached hydrogens (tertiary/aromatic N) is 1. The minimum atomic E-state index is -3.98. The molecule has 0 saturated carbocycles. The Labute approximate surface area is 204 Å². The van der Waals surface area contributed by atoms with E-state index in [4.69, 9.17) is 5.11 Å². The number of amides is 1. The zero-order chi connectivity index (χ0) is 25.3. The Bertz CT molecular complexity index is 1200. The topological polar surface area (TPSA) is 107 Å².